The Hall–Kier alpha value is -2.16. The summed E-state index contributed by atoms with van der Waals surface area (Å²) in [6.07, 6.45) is 1.64. The Morgan fingerprint density at radius 2 is 1.87 bits per heavy atom. The van der Waals surface area contributed by atoms with Crippen molar-refractivity contribution in [2.45, 2.75) is 45.4 Å². The van der Waals surface area contributed by atoms with Crippen molar-refractivity contribution in [2.75, 3.05) is 52.5 Å². The quantitative estimate of drug-likeness (QED) is 0.399. The van der Waals surface area contributed by atoms with Crippen LogP contribution in [-0.2, 0) is 22.6 Å². The van der Waals surface area contributed by atoms with E-state index in [1.54, 1.807) is 0 Å². The van der Waals surface area contributed by atoms with Crippen molar-refractivity contribution in [1.29, 1.82) is 0 Å². The van der Waals surface area contributed by atoms with Gasteiger partial charge in [0.05, 0.1) is 25.4 Å². The maximum atomic E-state index is 11.8. The Balaban J connectivity index is 1.49. The third kappa shape index (κ3) is 7.79. The molecule has 0 bridgehead atoms. The summed E-state index contributed by atoms with van der Waals surface area (Å²) in [7, 11) is 0. The van der Waals surface area contributed by atoms with Crippen molar-refractivity contribution in [2.24, 2.45) is 4.99 Å². The molecule has 0 saturated carbocycles. The number of rotatable bonds is 9. The number of nitrogens with one attached hydrogen (secondary N) is 2. The summed E-state index contributed by atoms with van der Waals surface area (Å²) in [5.74, 6) is 0.941. The highest BCUT2D eigenvalue weighted by Crippen LogP contribution is 2.15. The van der Waals surface area contributed by atoms with Crippen LogP contribution in [0.5, 0.6) is 0 Å². The molecule has 2 aliphatic heterocycles. The topological polar surface area (TPSA) is 89.4 Å². The predicted octanol–water partition coefficient (Wildman–Crippen LogP) is 0.947. The normalized spacial score (nSPS) is 20.0. The fourth-order valence-electron chi connectivity index (χ4n) is 3.92. The van der Waals surface area contributed by atoms with E-state index in [-0.39, 0.29) is 5.91 Å². The van der Waals surface area contributed by atoms with Gasteiger partial charge in [-0.05, 0) is 31.4 Å². The average Bonchev–Trinajstić information content (AvgIpc) is 3.16. The summed E-state index contributed by atoms with van der Waals surface area (Å²) < 4.78 is 5.38. The molecule has 172 valence electrons. The van der Waals surface area contributed by atoms with Gasteiger partial charge < -0.3 is 25.4 Å². The lowest BCUT2D eigenvalue weighted by Gasteiger charge is -2.34. The van der Waals surface area contributed by atoms with E-state index in [9.17, 15) is 9.90 Å². The monoisotopic (exact) mass is 431 g/mol. The third-order valence-electron chi connectivity index (χ3n) is 5.64. The van der Waals surface area contributed by atoms with Crippen LogP contribution in [0.4, 0.5) is 0 Å². The minimum atomic E-state index is -0.859. The second-order valence-corrected chi connectivity index (χ2v) is 8.67. The fraction of sp³-hybridized carbons (Fsp3) is 0.652. The molecule has 0 spiro atoms. The van der Waals surface area contributed by atoms with Crippen molar-refractivity contribution < 1.29 is 14.6 Å². The number of nitrogens with zero attached hydrogens (tertiary/aromatic N) is 3. The maximum absolute atomic E-state index is 11.8. The van der Waals surface area contributed by atoms with Gasteiger partial charge in [-0.15, -0.1) is 0 Å². The van der Waals surface area contributed by atoms with Gasteiger partial charge in [0.1, 0.15) is 0 Å². The standard InChI is InChI=1S/C23H37N5O3/c1-3-24-22(26-17-23(2,30)18-27-11-13-31-14-12-27)25-15-19-6-8-20(9-7-19)16-28-10-4-5-21(28)29/h6-9,30H,3-5,10-18H2,1-2H3,(H2,24,25,26). The highest BCUT2D eigenvalue weighted by atomic mass is 16.5. The minimum Gasteiger partial charge on any atom is -0.387 e. The van der Waals surface area contributed by atoms with E-state index >= 15 is 0 Å². The molecule has 31 heavy (non-hydrogen) atoms. The maximum Gasteiger partial charge on any atom is 0.222 e. The molecule has 2 aliphatic rings. The summed E-state index contributed by atoms with van der Waals surface area (Å²) >= 11 is 0. The van der Waals surface area contributed by atoms with Crippen LogP contribution in [0.3, 0.4) is 0 Å². The van der Waals surface area contributed by atoms with E-state index in [4.69, 9.17) is 4.74 Å². The summed E-state index contributed by atoms with van der Waals surface area (Å²) in [5.41, 5.74) is 1.39. The zero-order valence-corrected chi connectivity index (χ0v) is 18.9. The lowest BCUT2D eigenvalue weighted by atomic mass is 10.1. The molecule has 1 aromatic rings. The van der Waals surface area contributed by atoms with Crippen LogP contribution in [0.25, 0.3) is 0 Å². The first-order valence-corrected chi connectivity index (χ1v) is 11.4. The fourth-order valence-corrected chi connectivity index (χ4v) is 3.92. The molecule has 0 radical (unpaired) electrons. The number of amides is 1. The van der Waals surface area contributed by atoms with Crippen molar-refractivity contribution in [3.8, 4) is 0 Å². The predicted molar refractivity (Wildman–Crippen MR) is 122 cm³/mol. The minimum absolute atomic E-state index is 0.250. The summed E-state index contributed by atoms with van der Waals surface area (Å²) in [4.78, 5) is 20.6. The highest BCUT2D eigenvalue weighted by molar-refractivity contribution is 5.79. The molecule has 2 fully saturated rings. The van der Waals surface area contributed by atoms with Crippen molar-refractivity contribution in [3.63, 3.8) is 0 Å². The Labute approximate surface area is 185 Å². The molecule has 1 atom stereocenters. The molecule has 8 nitrogen and oxygen atoms in total. The third-order valence-corrected chi connectivity index (χ3v) is 5.64. The number of likely N-dealkylation sites (tertiary alicyclic amines) is 1. The number of hydrogen-bond acceptors (Lipinski definition) is 5. The molecular formula is C23H37N5O3. The van der Waals surface area contributed by atoms with Crippen LogP contribution < -0.4 is 10.6 Å². The molecule has 1 aromatic carbocycles. The van der Waals surface area contributed by atoms with Gasteiger partial charge in [-0.1, -0.05) is 24.3 Å². The Morgan fingerprint density at radius 1 is 1.16 bits per heavy atom. The zero-order valence-electron chi connectivity index (χ0n) is 18.9. The Bertz CT molecular complexity index is 729. The number of carbonyl (C=O) groups is 1. The van der Waals surface area contributed by atoms with Crippen LogP contribution in [0.15, 0.2) is 29.3 Å². The number of ether oxygens (including phenoxy) is 1. The van der Waals surface area contributed by atoms with Gasteiger partial charge in [-0.3, -0.25) is 9.69 Å². The van der Waals surface area contributed by atoms with E-state index in [2.05, 4.69) is 44.8 Å². The average molecular weight is 432 g/mol. The number of aliphatic imine (C=N–C) groups is 1. The SMILES string of the molecule is CCNC(=NCc1ccc(CN2CCCC2=O)cc1)NCC(C)(O)CN1CCOCC1. The smallest absolute Gasteiger partial charge is 0.222 e. The van der Waals surface area contributed by atoms with Gasteiger partial charge in [0.15, 0.2) is 5.96 Å². The van der Waals surface area contributed by atoms with Gasteiger partial charge in [0, 0.05) is 52.2 Å². The molecule has 1 unspecified atom stereocenters. The van der Waals surface area contributed by atoms with Crippen LogP contribution in [0.1, 0.15) is 37.8 Å². The van der Waals surface area contributed by atoms with E-state index in [0.717, 1.165) is 56.9 Å². The summed E-state index contributed by atoms with van der Waals surface area (Å²) in [6, 6.07) is 8.28. The van der Waals surface area contributed by atoms with E-state index < -0.39 is 5.60 Å². The summed E-state index contributed by atoms with van der Waals surface area (Å²) in [5, 5.41) is 17.3. The Kier molecular flexibility index (Phi) is 8.69. The highest BCUT2D eigenvalue weighted by Gasteiger charge is 2.25. The van der Waals surface area contributed by atoms with Crippen LogP contribution in [0, 0.1) is 0 Å². The van der Waals surface area contributed by atoms with Crippen LogP contribution >= 0.6 is 0 Å². The number of benzene rings is 1. The number of aliphatic hydroxyl groups is 1. The van der Waals surface area contributed by atoms with Gasteiger partial charge in [-0.25, -0.2) is 4.99 Å². The molecular weight excluding hydrogens is 394 g/mol. The first-order chi connectivity index (χ1) is 14.9. The van der Waals surface area contributed by atoms with E-state index in [0.29, 0.717) is 38.6 Å². The Morgan fingerprint density at radius 3 is 2.52 bits per heavy atom. The molecule has 8 heteroatoms. The van der Waals surface area contributed by atoms with Gasteiger partial charge >= 0.3 is 0 Å². The van der Waals surface area contributed by atoms with Crippen molar-refractivity contribution >= 4 is 11.9 Å². The first-order valence-electron chi connectivity index (χ1n) is 11.4. The number of carbonyl (C=O) groups excluding carboxylic acids is 1. The molecule has 0 aliphatic carbocycles. The van der Waals surface area contributed by atoms with Crippen LogP contribution in [0.2, 0.25) is 0 Å². The molecule has 2 saturated heterocycles. The first kappa shape index (κ1) is 23.5. The largest absolute Gasteiger partial charge is 0.387 e. The number of morpholine rings is 1. The second kappa shape index (κ2) is 11.5. The van der Waals surface area contributed by atoms with Crippen molar-refractivity contribution in [3.05, 3.63) is 35.4 Å². The number of β-amino-alcohol motifs (C(OH)–C–C–N with tert-alkyl or cyclic N) is 1. The molecule has 2 heterocycles. The molecule has 0 aromatic heterocycles. The van der Waals surface area contributed by atoms with Gasteiger partial charge in [-0.2, -0.15) is 0 Å². The second-order valence-electron chi connectivity index (χ2n) is 8.67. The lowest BCUT2D eigenvalue weighted by molar-refractivity contribution is -0.128. The molecule has 1 amide bonds. The van der Waals surface area contributed by atoms with Crippen molar-refractivity contribution in [1.82, 2.24) is 20.4 Å². The lowest BCUT2D eigenvalue weighted by Crippen LogP contribution is -2.52. The number of hydrogen-bond donors (Lipinski definition) is 3. The van der Waals surface area contributed by atoms with E-state index in [1.165, 1.54) is 0 Å². The van der Waals surface area contributed by atoms with Gasteiger partial charge in [0.25, 0.3) is 0 Å². The molecule has 3 rings (SSSR count). The van der Waals surface area contributed by atoms with Gasteiger partial charge in [0.2, 0.25) is 5.91 Å². The van der Waals surface area contributed by atoms with Crippen LogP contribution in [-0.4, -0.2) is 84.9 Å². The molecule has 3 N–H and O–H groups in total. The number of guanidine groups is 1. The van der Waals surface area contributed by atoms with E-state index in [1.807, 2.05) is 18.7 Å². The zero-order chi connectivity index (χ0) is 22.1. The summed E-state index contributed by atoms with van der Waals surface area (Å²) in [6.45, 7) is 10.9.